The molecule has 27 heavy (non-hydrogen) atoms. The smallest absolute Gasteiger partial charge is 0.293 e. The third-order valence-electron chi connectivity index (χ3n) is 4.02. The Balaban J connectivity index is 1.79. The van der Waals surface area contributed by atoms with Crippen molar-refractivity contribution in [1.82, 2.24) is 4.90 Å². The first-order chi connectivity index (χ1) is 13.0. The molecular weight excluding hydrogens is 386 g/mol. The van der Waals surface area contributed by atoms with E-state index in [1.807, 2.05) is 30.3 Å². The normalized spacial score (nSPS) is 15.5. The van der Waals surface area contributed by atoms with E-state index in [2.05, 4.69) is 0 Å². The molecule has 1 aliphatic rings. The second kappa shape index (κ2) is 8.50. The zero-order chi connectivity index (χ0) is 19.4. The monoisotopic (exact) mass is 403 g/mol. The minimum absolute atomic E-state index is 0.250. The number of carbonyl (C=O) groups excluding carboxylic acids is 2. The average molecular weight is 404 g/mol. The van der Waals surface area contributed by atoms with Crippen molar-refractivity contribution in [1.29, 1.82) is 0 Å². The van der Waals surface area contributed by atoms with E-state index in [0.717, 1.165) is 22.9 Å². The van der Waals surface area contributed by atoms with E-state index < -0.39 is 0 Å². The summed E-state index contributed by atoms with van der Waals surface area (Å²) < 4.78 is 11.2. The molecule has 1 heterocycles. The molecule has 0 bridgehead atoms. The average Bonchev–Trinajstić information content (AvgIpc) is 2.94. The summed E-state index contributed by atoms with van der Waals surface area (Å²) in [4.78, 5) is 25.6. The zero-order valence-electron chi connectivity index (χ0n) is 14.9. The summed E-state index contributed by atoms with van der Waals surface area (Å²) in [5.41, 5.74) is 1.62. The third kappa shape index (κ3) is 4.28. The summed E-state index contributed by atoms with van der Waals surface area (Å²) in [6.45, 7) is 2.44. The van der Waals surface area contributed by atoms with Crippen molar-refractivity contribution in [2.75, 3.05) is 13.7 Å². The van der Waals surface area contributed by atoms with Gasteiger partial charge in [0.2, 0.25) is 0 Å². The molecule has 2 aromatic rings. The largest absolute Gasteiger partial charge is 0.493 e. The Morgan fingerprint density at radius 1 is 1.15 bits per heavy atom. The highest BCUT2D eigenvalue weighted by Gasteiger charge is 2.33. The molecule has 3 rings (SSSR count). The number of methoxy groups -OCH3 is 1. The van der Waals surface area contributed by atoms with E-state index in [-0.39, 0.29) is 11.1 Å². The summed E-state index contributed by atoms with van der Waals surface area (Å²) in [5, 5.41) is 0.389. The first kappa shape index (κ1) is 19.3. The van der Waals surface area contributed by atoms with Crippen molar-refractivity contribution < 1.29 is 19.1 Å². The number of imide groups is 1. The van der Waals surface area contributed by atoms with Gasteiger partial charge in [-0.3, -0.25) is 14.5 Å². The fourth-order valence-corrected chi connectivity index (χ4v) is 3.68. The molecule has 0 unspecified atom stereocenters. The van der Waals surface area contributed by atoms with Gasteiger partial charge in [0.05, 0.1) is 12.0 Å². The number of likely N-dealkylation sites (N-methyl/N-ethyl adjacent to an activating group) is 1. The first-order valence-electron chi connectivity index (χ1n) is 8.33. The Morgan fingerprint density at radius 2 is 1.93 bits per heavy atom. The van der Waals surface area contributed by atoms with Gasteiger partial charge >= 0.3 is 0 Å². The number of thioether (sulfide) groups is 1. The maximum absolute atomic E-state index is 12.2. The molecule has 5 nitrogen and oxygen atoms in total. The van der Waals surface area contributed by atoms with Crippen LogP contribution in [0, 0.1) is 0 Å². The molecule has 1 fully saturated rings. The molecule has 0 N–H and O–H groups in total. The SMILES string of the molecule is CCN1C(=O)S/C(=C\c2ccc(OCc3ccccc3Cl)c(OC)c2)C1=O. The minimum Gasteiger partial charge on any atom is -0.493 e. The van der Waals surface area contributed by atoms with E-state index >= 15 is 0 Å². The van der Waals surface area contributed by atoms with E-state index in [4.69, 9.17) is 21.1 Å². The summed E-state index contributed by atoms with van der Waals surface area (Å²) in [5.74, 6) is 0.826. The van der Waals surface area contributed by atoms with Gasteiger partial charge in [-0.15, -0.1) is 0 Å². The maximum atomic E-state index is 12.2. The first-order valence-corrected chi connectivity index (χ1v) is 9.52. The lowest BCUT2D eigenvalue weighted by atomic mass is 10.1. The Labute approximate surface area is 166 Å². The zero-order valence-corrected chi connectivity index (χ0v) is 16.5. The number of amides is 2. The van der Waals surface area contributed by atoms with Gasteiger partial charge in [-0.1, -0.05) is 35.9 Å². The Bertz CT molecular complexity index is 913. The van der Waals surface area contributed by atoms with Crippen LogP contribution in [0.25, 0.3) is 6.08 Å². The van der Waals surface area contributed by atoms with Crippen molar-refractivity contribution in [3.63, 3.8) is 0 Å². The maximum Gasteiger partial charge on any atom is 0.293 e. The second-order valence-electron chi connectivity index (χ2n) is 5.72. The molecule has 1 saturated heterocycles. The Hall–Kier alpha value is -2.44. The van der Waals surface area contributed by atoms with Gasteiger partial charge in [0.15, 0.2) is 11.5 Å². The van der Waals surface area contributed by atoms with Gasteiger partial charge in [0, 0.05) is 17.1 Å². The standard InChI is InChI=1S/C20H18ClNO4S/c1-3-22-19(23)18(27-20(22)24)11-13-8-9-16(17(10-13)25-2)26-12-14-6-4-5-7-15(14)21/h4-11H,3,12H2,1-2H3/b18-11-. The molecule has 1 aliphatic heterocycles. The number of benzene rings is 2. The molecule has 0 spiro atoms. The van der Waals surface area contributed by atoms with E-state index in [9.17, 15) is 9.59 Å². The van der Waals surface area contributed by atoms with E-state index in [1.54, 1.807) is 32.2 Å². The van der Waals surface area contributed by atoms with Gasteiger partial charge in [0.1, 0.15) is 6.61 Å². The molecule has 0 aliphatic carbocycles. The van der Waals surface area contributed by atoms with Crippen molar-refractivity contribution >= 4 is 40.6 Å². The number of nitrogens with zero attached hydrogens (tertiary/aromatic N) is 1. The predicted molar refractivity (Wildman–Crippen MR) is 107 cm³/mol. The molecule has 0 atom stereocenters. The third-order valence-corrected chi connectivity index (χ3v) is 5.29. The number of carbonyl (C=O) groups is 2. The van der Waals surface area contributed by atoms with Gasteiger partial charge in [0.25, 0.3) is 11.1 Å². The number of halogens is 1. The molecule has 7 heteroatoms. The topological polar surface area (TPSA) is 55.8 Å². The Morgan fingerprint density at radius 3 is 2.59 bits per heavy atom. The van der Waals surface area contributed by atoms with Crippen LogP contribution in [-0.4, -0.2) is 29.7 Å². The number of rotatable bonds is 6. The van der Waals surface area contributed by atoms with Crippen molar-refractivity contribution in [2.45, 2.75) is 13.5 Å². The highest BCUT2D eigenvalue weighted by molar-refractivity contribution is 8.18. The van der Waals surface area contributed by atoms with Crippen LogP contribution >= 0.6 is 23.4 Å². The summed E-state index contributed by atoms with van der Waals surface area (Å²) in [7, 11) is 1.55. The number of hydrogen-bond acceptors (Lipinski definition) is 5. The summed E-state index contributed by atoms with van der Waals surface area (Å²) in [6.07, 6.45) is 1.68. The molecular formula is C20H18ClNO4S. The number of ether oxygens (including phenoxy) is 2. The lowest BCUT2D eigenvalue weighted by molar-refractivity contribution is -0.122. The number of hydrogen-bond donors (Lipinski definition) is 0. The van der Waals surface area contributed by atoms with Crippen LogP contribution in [0.5, 0.6) is 11.5 Å². The van der Waals surface area contributed by atoms with Gasteiger partial charge < -0.3 is 9.47 Å². The molecule has 2 aromatic carbocycles. The molecule has 0 radical (unpaired) electrons. The van der Waals surface area contributed by atoms with Gasteiger partial charge in [-0.2, -0.15) is 0 Å². The van der Waals surface area contributed by atoms with Crippen molar-refractivity contribution in [3.8, 4) is 11.5 Å². The van der Waals surface area contributed by atoms with Crippen LogP contribution < -0.4 is 9.47 Å². The second-order valence-corrected chi connectivity index (χ2v) is 7.12. The van der Waals surface area contributed by atoms with Gasteiger partial charge in [-0.05, 0) is 48.5 Å². The van der Waals surface area contributed by atoms with Crippen LogP contribution in [0.15, 0.2) is 47.4 Å². The predicted octanol–water partition coefficient (Wildman–Crippen LogP) is 4.98. The highest BCUT2D eigenvalue weighted by atomic mass is 35.5. The molecule has 0 saturated carbocycles. The van der Waals surface area contributed by atoms with Crippen LogP contribution in [-0.2, 0) is 11.4 Å². The van der Waals surface area contributed by atoms with Crippen LogP contribution in [0.3, 0.4) is 0 Å². The lowest BCUT2D eigenvalue weighted by Gasteiger charge is -2.12. The minimum atomic E-state index is -0.273. The van der Waals surface area contributed by atoms with Gasteiger partial charge in [-0.25, -0.2) is 0 Å². The van der Waals surface area contributed by atoms with Crippen LogP contribution in [0.4, 0.5) is 4.79 Å². The molecule has 2 amide bonds. The Kier molecular flexibility index (Phi) is 6.08. The lowest BCUT2D eigenvalue weighted by Crippen LogP contribution is -2.27. The highest BCUT2D eigenvalue weighted by Crippen LogP contribution is 2.34. The molecule has 140 valence electrons. The van der Waals surface area contributed by atoms with Crippen LogP contribution in [0.1, 0.15) is 18.1 Å². The summed E-state index contributed by atoms with van der Waals surface area (Å²) >= 11 is 7.09. The fraction of sp³-hybridized carbons (Fsp3) is 0.200. The summed E-state index contributed by atoms with van der Waals surface area (Å²) in [6, 6.07) is 12.8. The quantitative estimate of drug-likeness (QED) is 0.636. The van der Waals surface area contributed by atoms with Crippen molar-refractivity contribution in [2.24, 2.45) is 0 Å². The van der Waals surface area contributed by atoms with Crippen molar-refractivity contribution in [3.05, 3.63) is 63.5 Å². The van der Waals surface area contributed by atoms with E-state index in [1.165, 1.54) is 4.90 Å². The van der Waals surface area contributed by atoms with E-state index in [0.29, 0.717) is 34.6 Å². The van der Waals surface area contributed by atoms with Crippen LogP contribution in [0.2, 0.25) is 5.02 Å². The fourth-order valence-electron chi connectivity index (χ4n) is 2.59. The molecule has 0 aromatic heterocycles.